The van der Waals surface area contributed by atoms with E-state index in [2.05, 4.69) is 4.98 Å². The van der Waals surface area contributed by atoms with Crippen LogP contribution in [0, 0.1) is 24.1 Å². The van der Waals surface area contributed by atoms with Gasteiger partial charge in [-0.05, 0) is 30.7 Å². The predicted molar refractivity (Wildman–Crippen MR) is 74.5 cm³/mol. The van der Waals surface area contributed by atoms with Crippen LogP contribution in [-0.4, -0.2) is 16.1 Å². The molecule has 102 valence electrons. The molecule has 1 heterocycles. The van der Waals surface area contributed by atoms with Crippen molar-refractivity contribution in [1.29, 1.82) is 5.26 Å². The number of carboxylic acid groups (broad SMARTS) is 1. The van der Waals surface area contributed by atoms with Crippen LogP contribution in [0.25, 0.3) is 0 Å². The molecule has 7 heteroatoms. The quantitative estimate of drug-likeness (QED) is 0.876. The first-order valence-corrected chi connectivity index (χ1v) is 7.33. The summed E-state index contributed by atoms with van der Waals surface area (Å²) >= 11 is 2.37. The maximum Gasteiger partial charge on any atom is 0.347 e. The first-order chi connectivity index (χ1) is 9.51. The van der Waals surface area contributed by atoms with Crippen LogP contribution >= 0.6 is 23.1 Å². The minimum atomic E-state index is -1.00. The molecule has 0 saturated carbocycles. The Balaban J connectivity index is 2.17. The molecule has 0 unspecified atom stereocenters. The molecular weight excluding hydrogens is 299 g/mol. The summed E-state index contributed by atoms with van der Waals surface area (Å²) in [6.07, 6.45) is 0. The van der Waals surface area contributed by atoms with Gasteiger partial charge in [-0.15, -0.1) is 11.3 Å². The number of aromatic nitrogens is 1. The van der Waals surface area contributed by atoms with Gasteiger partial charge in [0.05, 0.1) is 17.3 Å². The third kappa shape index (κ3) is 3.15. The number of nitrogens with zero attached hydrogens (tertiary/aromatic N) is 2. The number of hydrogen-bond acceptors (Lipinski definition) is 5. The fourth-order valence-electron chi connectivity index (χ4n) is 1.56. The standard InChI is InChI=1S/C13H9FN2O2S2/c1-7-11(12(17)18)20-13(16-7)19-6-9-4-10(14)3-2-8(9)5-15/h2-4H,6H2,1H3,(H,17,18). The molecule has 0 spiro atoms. The molecule has 2 rings (SSSR count). The van der Waals surface area contributed by atoms with Crippen molar-refractivity contribution in [3.05, 3.63) is 45.7 Å². The number of aromatic carboxylic acids is 1. The van der Waals surface area contributed by atoms with Gasteiger partial charge in [-0.2, -0.15) is 5.26 Å². The minimum absolute atomic E-state index is 0.201. The van der Waals surface area contributed by atoms with Crippen molar-refractivity contribution in [3.63, 3.8) is 0 Å². The number of nitriles is 1. The highest BCUT2D eigenvalue weighted by atomic mass is 32.2. The van der Waals surface area contributed by atoms with E-state index in [1.807, 2.05) is 6.07 Å². The molecule has 2 aromatic rings. The Morgan fingerprint density at radius 1 is 1.60 bits per heavy atom. The average Bonchev–Trinajstić information content (AvgIpc) is 2.78. The number of carboxylic acids is 1. The van der Waals surface area contributed by atoms with Gasteiger partial charge in [-0.25, -0.2) is 14.2 Å². The lowest BCUT2D eigenvalue weighted by Gasteiger charge is -2.02. The Kier molecular flexibility index (Phi) is 4.37. The molecule has 1 aromatic heterocycles. The highest BCUT2D eigenvalue weighted by Gasteiger charge is 2.14. The molecule has 0 atom stereocenters. The van der Waals surface area contributed by atoms with Crippen molar-refractivity contribution in [1.82, 2.24) is 4.98 Å². The van der Waals surface area contributed by atoms with Crippen molar-refractivity contribution in [3.8, 4) is 6.07 Å². The highest BCUT2D eigenvalue weighted by Crippen LogP contribution is 2.30. The van der Waals surface area contributed by atoms with Gasteiger partial charge in [-0.1, -0.05) is 11.8 Å². The zero-order valence-electron chi connectivity index (χ0n) is 10.4. The van der Waals surface area contributed by atoms with Crippen LogP contribution in [0.3, 0.4) is 0 Å². The summed E-state index contributed by atoms with van der Waals surface area (Å²) in [5.74, 6) is -1.04. The summed E-state index contributed by atoms with van der Waals surface area (Å²) in [6.45, 7) is 1.63. The van der Waals surface area contributed by atoms with Crippen LogP contribution < -0.4 is 0 Å². The zero-order valence-corrected chi connectivity index (χ0v) is 12.0. The molecule has 0 aliphatic heterocycles. The van der Waals surface area contributed by atoms with Crippen LogP contribution in [0.15, 0.2) is 22.5 Å². The topological polar surface area (TPSA) is 74.0 Å². The largest absolute Gasteiger partial charge is 0.477 e. The van der Waals surface area contributed by atoms with E-state index in [4.69, 9.17) is 10.4 Å². The summed E-state index contributed by atoms with van der Waals surface area (Å²) in [5.41, 5.74) is 1.44. The Morgan fingerprint density at radius 3 is 2.95 bits per heavy atom. The Labute approximate surface area is 122 Å². The fourth-order valence-corrected chi connectivity index (χ4v) is 3.58. The number of rotatable bonds is 4. The molecule has 0 amide bonds. The van der Waals surface area contributed by atoms with Crippen molar-refractivity contribution < 1.29 is 14.3 Å². The number of thioether (sulfide) groups is 1. The number of aryl methyl sites for hydroxylation is 1. The number of hydrogen-bond donors (Lipinski definition) is 1. The minimum Gasteiger partial charge on any atom is -0.477 e. The summed E-state index contributed by atoms with van der Waals surface area (Å²) < 4.78 is 13.8. The van der Waals surface area contributed by atoms with Gasteiger partial charge in [0.15, 0.2) is 4.34 Å². The van der Waals surface area contributed by atoms with Gasteiger partial charge in [0.1, 0.15) is 10.7 Å². The SMILES string of the molecule is Cc1nc(SCc2cc(F)ccc2C#N)sc1C(=O)O. The van der Waals surface area contributed by atoms with E-state index in [0.717, 1.165) is 11.3 Å². The molecule has 0 radical (unpaired) electrons. The normalized spacial score (nSPS) is 10.2. The third-order valence-electron chi connectivity index (χ3n) is 2.51. The summed E-state index contributed by atoms with van der Waals surface area (Å²) in [6, 6.07) is 5.98. The van der Waals surface area contributed by atoms with E-state index in [0.29, 0.717) is 26.9 Å². The highest BCUT2D eigenvalue weighted by molar-refractivity contribution is 8.00. The van der Waals surface area contributed by atoms with E-state index in [1.165, 1.54) is 30.0 Å². The van der Waals surface area contributed by atoms with Gasteiger partial charge in [-0.3, -0.25) is 0 Å². The van der Waals surface area contributed by atoms with Gasteiger partial charge in [0.2, 0.25) is 0 Å². The lowest BCUT2D eigenvalue weighted by atomic mass is 10.1. The molecule has 0 aliphatic rings. The summed E-state index contributed by atoms with van der Waals surface area (Å²) in [7, 11) is 0. The zero-order chi connectivity index (χ0) is 14.7. The van der Waals surface area contributed by atoms with Gasteiger partial charge >= 0.3 is 5.97 Å². The van der Waals surface area contributed by atoms with Gasteiger partial charge < -0.3 is 5.11 Å². The molecule has 4 nitrogen and oxygen atoms in total. The summed E-state index contributed by atoms with van der Waals surface area (Å²) in [4.78, 5) is 15.3. The second-order valence-corrected chi connectivity index (χ2v) is 6.12. The molecule has 0 bridgehead atoms. The van der Waals surface area contributed by atoms with E-state index < -0.39 is 11.8 Å². The van der Waals surface area contributed by atoms with E-state index >= 15 is 0 Å². The average molecular weight is 308 g/mol. The van der Waals surface area contributed by atoms with Crippen LogP contribution in [0.2, 0.25) is 0 Å². The Morgan fingerprint density at radius 2 is 2.35 bits per heavy atom. The summed E-state index contributed by atoms with van der Waals surface area (Å²) in [5, 5.41) is 17.9. The number of thiazole rings is 1. The van der Waals surface area contributed by atoms with E-state index in [1.54, 1.807) is 6.92 Å². The third-order valence-corrected chi connectivity index (χ3v) is 4.85. The first-order valence-electron chi connectivity index (χ1n) is 5.53. The van der Waals surface area contributed by atoms with Crippen molar-refractivity contribution in [2.75, 3.05) is 0 Å². The maximum absolute atomic E-state index is 13.2. The monoisotopic (exact) mass is 308 g/mol. The fraction of sp³-hybridized carbons (Fsp3) is 0.154. The van der Waals surface area contributed by atoms with Crippen molar-refractivity contribution in [2.45, 2.75) is 17.0 Å². The Hall–Kier alpha value is -1.91. The second-order valence-electron chi connectivity index (χ2n) is 3.90. The molecule has 0 saturated heterocycles. The Bertz CT molecular complexity index is 707. The number of benzene rings is 1. The molecule has 0 fully saturated rings. The molecule has 1 N–H and O–H groups in total. The number of carbonyl (C=O) groups is 1. The lowest BCUT2D eigenvalue weighted by Crippen LogP contribution is -1.94. The van der Waals surface area contributed by atoms with E-state index in [-0.39, 0.29) is 4.88 Å². The predicted octanol–water partition coefficient (Wildman–Crippen LogP) is 3.45. The van der Waals surface area contributed by atoms with Gasteiger partial charge in [0.25, 0.3) is 0 Å². The van der Waals surface area contributed by atoms with Crippen molar-refractivity contribution >= 4 is 29.1 Å². The second kappa shape index (κ2) is 6.03. The van der Waals surface area contributed by atoms with Crippen LogP contribution in [-0.2, 0) is 5.75 Å². The molecule has 0 aliphatic carbocycles. The molecular formula is C13H9FN2O2S2. The van der Waals surface area contributed by atoms with E-state index in [9.17, 15) is 9.18 Å². The lowest BCUT2D eigenvalue weighted by molar-refractivity contribution is 0.0701. The van der Waals surface area contributed by atoms with Crippen molar-refractivity contribution in [2.24, 2.45) is 0 Å². The maximum atomic E-state index is 13.2. The molecule has 20 heavy (non-hydrogen) atoms. The molecule has 1 aromatic carbocycles. The van der Waals surface area contributed by atoms with Crippen LogP contribution in [0.4, 0.5) is 4.39 Å². The van der Waals surface area contributed by atoms with Gasteiger partial charge in [0, 0.05) is 5.75 Å². The van der Waals surface area contributed by atoms with Crippen LogP contribution in [0.1, 0.15) is 26.5 Å². The van der Waals surface area contributed by atoms with Crippen LogP contribution in [0.5, 0.6) is 0 Å². The smallest absolute Gasteiger partial charge is 0.347 e. The first kappa shape index (κ1) is 14.5. The number of halogens is 1.